The lowest BCUT2D eigenvalue weighted by Gasteiger charge is -2.30. The zero-order valence-corrected chi connectivity index (χ0v) is 23.8. The molecule has 2 fully saturated rings. The molecule has 4 heterocycles. The molecule has 2 aromatic carbocycles. The molecule has 208 valence electrons. The summed E-state index contributed by atoms with van der Waals surface area (Å²) in [5, 5.41) is 4.40. The molecular formula is C29H31ClN6O3S. The number of piperidine rings is 1. The Morgan fingerprint density at radius 2 is 1.73 bits per heavy atom. The van der Waals surface area contributed by atoms with Gasteiger partial charge in [-0.25, -0.2) is 22.4 Å². The van der Waals surface area contributed by atoms with Crippen LogP contribution in [-0.4, -0.2) is 77.3 Å². The number of rotatable bonds is 6. The Bertz CT molecular complexity index is 1650. The number of carbonyl (C=O) groups is 1. The van der Waals surface area contributed by atoms with E-state index in [0.717, 1.165) is 32.4 Å². The number of benzene rings is 2. The van der Waals surface area contributed by atoms with Crippen molar-refractivity contribution in [3.05, 3.63) is 72.0 Å². The van der Waals surface area contributed by atoms with Crippen molar-refractivity contribution in [2.45, 2.75) is 30.2 Å². The van der Waals surface area contributed by atoms with E-state index in [4.69, 9.17) is 16.6 Å². The van der Waals surface area contributed by atoms with Crippen LogP contribution in [0, 0.1) is 5.92 Å². The highest BCUT2D eigenvalue weighted by Gasteiger charge is 2.33. The van der Waals surface area contributed by atoms with Crippen LogP contribution in [0.2, 0.25) is 5.02 Å². The van der Waals surface area contributed by atoms with Crippen molar-refractivity contribution in [2.24, 2.45) is 5.92 Å². The first kappa shape index (κ1) is 26.7. The molecule has 0 radical (unpaired) electrons. The molecule has 11 heteroatoms. The van der Waals surface area contributed by atoms with E-state index in [-0.39, 0.29) is 22.8 Å². The van der Waals surface area contributed by atoms with Crippen molar-refractivity contribution in [1.29, 1.82) is 0 Å². The number of nitrogens with zero attached hydrogens (tertiary/aromatic N) is 5. The number of likely N-dealkylation sites (tertiary alicyclic amines) is 2. The van der Waals surface area contributed by atoms with Gasteiger partial charge in [-0.05, 0) is 57.6 Å². The molecule has 0 bridgehead atoms. The van der Waals surface area contributed by atoms with Crippen LogP contribution in [0.1, 0.15) is 19.3 Å². The molecule has 1 atom stereocenters. The van der Waals surface area contributed by atoms with E-state index in [9.17, 15) is 13.2 Å². The first-order chi connectivity index (χ1) is 19.3. The lowest BCUT2D eigenvalue weighted by molar-refractivity contribution is -0.135. The van der Waals surface area contributed by atoms with Crippen LogP contribution in [0.4, 0.5) is 5.95 Å². The second-order valence-corrected chi connectivity index (χ2v) is 12.8. The van der Waals surface area contributed by atoms with Gasteiger partial charge in [-0.2, -0.15) is 0 Å². The maximum atomic E-state index is 13.5. The fraction of sp³-hybridized carbons (Fsp3) is 0.345. The molecule has 40 heavy (non-hydrogen) atoms. The molecule has 6 rings (SSSR count). The van der Waals surface area contributed by atoms with Gasteiger partial charge in [-0.1, -0.05) is 48.0 Å². The lowest BCUT2D eigenvalue weighted by Crippen LogP contribution is -2.41. The lowest BCUT2D eigenvalue weighted by atomic mass is 9.96. The van der Waals surface area contributed by atoms with Crippen LogP contribution >= 0.6 is 11.6 Å². The van der Waals surface area contributed by atoms with E-state index < -0.39 is 10.0 Å². The number of carbonyl (C=O) groups excluding carboxylic acids is 1. The quantitative estimate of drug-likeness (QED) is 0.363. The number of nitrogens with one attached hydrogen (secondary N) is 1. The second-order valence-electron chi connectivity index (χ2n) is 10.6. The fourth-order valence-corrected chi connectivity index (χ4v) is 7.23. The minimum atomic E-state index is -3.85. The molecule has 2 aliphatic heterocycles. The Morgan fingerprint density at radius 3 is 2.50 bits per heavy atom. The number of hydrogen-bond acceptors (Lipinski definition) is 7. The van der Waals surface area contributed by atoms with Gasteiger partial charge in [0.2, 0.25) is 11.9 Å². The summed E-state index contributed by atoms with van der Waals surface area (Å²) in [6, 6.07) is 15.6. The SMILES string of the molecule is CN1CCC(C(=O)N2CC[C@H](Nc3ncc(Cl)c(-c4cn(S(=O)(=O)c5ccccc5)c5ccccc45)n3)C2)CC1. The van der Waals surface area contributed by atoms with Crippen molar-refractivity contribution in [3.8, 4) is 11.3 Å². The molecule has 2 aromatic heterocycles. The van der Waals surface area contributed by atoms with Gasteiger partial charge in [0, 0.05) is 42.2 Å². The van der Waals surface area contributed by atoms with E-state index >= 15 is 0 Å². The maximum absolute atomic E-state index is 13.5. The fourth-order valence-electron chi connectivity index (χ4n) is 5.64. The number of anilines is 1. The normalized spacial score (nSPS) is 18.9. The van der Waals surface area contributed by atoms with E-state index in [2.05, 4.69) is 22.2 Å². The number of aromatic nitrogens is 3. The van der Waals surface area contributed by atoms with Gasteiger partial charge in [-0.3, -0.25) is 4.79 Å². The number of para-hydroxylation sites is 1. The van der Waals surface area contributed by atoms with Crippen LogP contribution in [0.3, 0.4) is 0 Å². The molecular weight excluding hydrogens is 548 g/mol. The highest BCUT2D eigenvalue weighted by Crippen LogP contribution is 2.36. The Labute approximate surface area is 238 Å². The van der Waals surface area contributed by atoms with Crippen LogP contribution < -0.4 is 5.32 Å². The zero-order chi connectivity index (χ0) is 27.9. The van der Waals surface area contributed by atoms with Crippen molar-refractivity contribution in [3.63, 3.8) is 0 Å². The van der Waals surface area contributed by atoms with Crippen molar-refractivity contribution in [1.82, 2.24) is 23.7 Å². The third kappa shape index (κ3) is 5.07. The predicted octanol–water partition coefficient (Wildman–Crippen LogP) is 4.34. The van der Waals surface area contributed by atoms with E-state index in [1.165, 1.54) is 10.2 Å². The van der Waals surface area contributed by atoms with Gasteiger partial charge in [0.05, 0.1) is 27.3 Å². The highest BCUT2D eigenvalue weighted by molar-refractivity contribution is 7.90. The van der Waals surface area contributed by atoms with Crippen molar-refractivity contribution < 1.29 is 13.2 Å². The Hall–Kier alpha value is -3.47. The van der Waals surface area contributed by atoms with E-state index in [0.29, 0.717) is 46.2 Å². The van der Waals surface area contributed by atoms with Gasteiger partial charge in [-0.15, -0.1) is 0 Å². The van der Waals surface area contributed by atoms with Gasteiger partial charge >= 0.3 is 0 Å². The van der Waals surface area contributed by atoms with Crippen LogP contribution in [0.5, 0.6) is 0 Å². The summed E-state index contributed by atoms with van der Waals surface area (Å²) >= 11 is 6.58. The summed E-state index contributed by atoms with van der Waals surface area (Å²) < 4.78 is 28.4. The third-order valence-electron chi connectivity index (χ3n) is 7.88. The maximum Gasteiger partial charge on any atom is 0.268 e. The molecule has 1 N–H and O–H groups in total. The largest absolute Gasteiger partial charge is 0.350 e. The summed E-state index contributed by atoms with van der Waals surface area (Å²) in [6.07, 6.45) is 5.71. The van der Waals surface area contributed by atoms with Gasteiger partial charge in [0.15, 0.2) is 0 Å². The van der Waals surface area contributed by atoms with Crippen molar-refractivity contribution >= 4 is 44.4 Å². The first-order valence-corrected chi connectivity index (χ1v) is 15.3. The molecule has 9 nitrogen and oxygen atoms in total. The molecule has 0 unspecified atom stereocenters. The van der Waals surface area contributed by atoms with Crippen LogP contribution in [0.25, 0.3) is 22.2 Å². The van der Waals surface area contributed by atoms with Crippen molar-refractivity contribution in [2.75, 3.05) is 38.5 Å². The zero-order valence-electron chi connectivity index (χ0n) is 22.2. The van der Waals surface area contributed by atoms with Gasteiger partial charge < -0.3 is 15.1 Å². The van der Waals surface area contributed by atoms with Gasteiger partial charge in [0.1, 0.15) is 0 Å². The van der Waals surface area contributed by atoms with E-state index in [1.807, 2.05) is 17.0 Å². The topological polar surface area (TPSA) is 100 Å². The summed E-state index contributed by atoms with van der Waals surface area (Å²) in [7, 11) is -1.75. The van der Waals surface area contributed by atoms with Gasteiger partial charge in [0.25, 0.3) is 10.0 Å². The average Bonchev–Trinajstić information content (AvgIpc) is 3.60. The Kier molecular flexibility index (Phi) is 7.24. The van der Waals surface area contributed by atoms with Crippen LogP contribution in [-0.2, 0) is 14.8 Å². The molecule has 0 spiro atoms. The van der Waals surface area contributed by atoms with E-state index in [1.54, 1.807) is 48.7 Å². The number of fused-ring (bicyclic) bond motifs is 1. The number of hydrogen-bond donors (Lipinski definition) is 1. The highest BCUT2D eigenvalue weighted by atomic mass is 35.5. The van der Waals surface area contributed by atoms with Crippen LogP contribution in [0.15, 0.2) is 71.9 Å². The Balaban J connectivity index is 1.26. The summed E-state index contributed by atoms with van der Waals surface area (Å²) in [5.41, 5.74) is 1.56. The molecule has 1 amide bonds. The monoisotopic (exact) mass is 578 g/mol. The standard InChI is InChI=1S/C29H31ClN6O3S/c1-34-14-11-20(12-15-34)28(37)35-16-13-21(18-35)32-29-31-17-25(30)27(33-29)24-19-36(26-10-6-5-9-23(24)26)40(38,39)22-7-3-2-4-8-22/h2-10,17,19-21H,11-16,18H2,1H3,(H,31,32,33)/t21-/m0/s1. The second kappa shape index (κ2) is 10.8. The summed E-state index contributed by atoms with van der Waals surface area (Å²) in [4.78, 5) is 26.6. The molecule has 0 aliphatic carbocycles. The minimum Gasteiger partial charge on any atom is -0.350 e. The number of halogens is 1. The minimum absolute atomic E-state index is 0.0176. The molecule has 4 aromatic rings. The third-order valence-corrected chi connectivity index (χ3v) is 9.84. The molecule has 0 saturated carbocycles. The average molecular weight is 579 g/mol. The Morgan fingerprint density at radius 1 is 1.00 bits per heavy atom. The first-order valence-electron chi connectivity index (χ1n) is 13.5. The summed E-state index contributed by atoms with van der Waals surface area (Å²) in [5.74, 6) is 0.723. The smallest absolute Gasteiger partial charge is 0.268 e. The number of amides is 1. The molecule has 2 saturated heterocycles. The predicted molar refractivity (Wildman–Crippen MR) is 156 cm³/mol. The molecule has 2 aliphatic rings. The summed E-state index contributed by atoms with van der Waals surface area (Å²) in [6.45, 7) is 3.21.